The van der Waals surface area contributed by atoms with Crippen molar-refractivity contribution in [2.75, 3.05) is 19.7 Å². The number of amides is 1. The predicted molar refractivity (Wildman–Crippen MR) is 122 cm³/mol. The molecule has 1 unspecified atom stereocenters. The number of sulfone groups is 1. The Morgan fingerprint density at radius 1 is 0.878 bits per heavy atom. The summed E-state index contributed by atoms with van der Waals surface area (Å²) in [5.41, 5.74) is -7.98. The van der Waals surface area contributed by atoms with Crippen LogP contribution in [0, 0.1) is 5.82 Å². The molecule has 2 aromatic carbocycles. The molecular weight excluding hydrogens is 600 g/mol. The Balaban J connectivity index is 1.77. The Morgan fingerprint density at radius 3 is 1.93 bits per heavy atom. The molecule has 0 radical (unpaired) electrons. The van der Waals surface area contributed by atoms with Gasteiger partial charge in [-0.1, -0.05) is 24.3 Å². The van der Waals surface area contributed by atoms with E-state index in [1.807, 2.05) is 0 Å². The zero-order valence-electron chi connectivity index (χ0n) is 20.7. The highest BCUT2D eigenvalue weighted by Crippen LogP contribution is 2.54. The molecule has 0 spiro atoms. The molecule has 0 saturated carbocycles. The minimum atomic E-state index is -6.40. The number of hydrogen-bond donors (Lipinski definition) is 0. The van der Waals surface area contributed by atoms with E-state index in [0.29, 0.717) is 12.1 Å². The molecule has 226 valence electrons. The predicted octanol–water partition coefficient (Wildman–Crippen LogP) is 5.83. The van der Waals surface area contributed by atoms with E-state index in [2.05, 4.69) is 0 Å². The quantitative estimate of drug-likeness (QED) is 0.312. The fraction of sp³-hybridized carbons (Fsp3) is 0.480. The molecule has 2 fully saturated rings. The molecule has 4 rings (SSSR count). The molecule has 2 aromatic rings. The van der Waals surface area contributed by atoms with Crippen LogP contribution in [0.5, 0.6) is 0 Å². The summed E-state index contributed by atoms with van der Waals surface area (Å²) >= 11 is 0. The van der Waals surface area contributed by atoms with Crippen LogP contribution < -0.4 is 0 Å². The SMILES string of the molecule is O=C(C1CCC(F)(F)CO1)N1CC[C@](c2ccc(C(F)(C(F)(F)F)C(F)(F)F)cc2)(S(=O)(=O)c2ccc(F)cc2)C1. The summed E-state index contributed by atoms with van der Waals surface area (Å²) < 4.78 is 165. The summed E-state index contributed by atoms with van der Waals surface area (Å²) in [7, 11) is -4.65. The first kappa shape index (κ1) is 31.1. The van der Waals surface area contributed by atoms with E-state index in [9.17, 15) is 57.1 Å². The molecule has 2 heterocycles. The maximum Gasteiger partial charge on any atom is 0.435 e. The van der Waals surface area contributed by atoms with Gasteiger partial charge in [0.05, 0.1) is 4.90 Å². The van der Waals surface area contributed by atoms with Crippen molar-refractivity contribution in [2.45, 2.75) is 59.0 Å². The van der Waals surface area contributed by atoms with Crippen molar-refractivity contribution in [1.29, 1.82) is 0 Å². The van der Waals surface area contributed by atoms with Crippen LogP contribution in [0.2, 0.25) is 0 Å². The van der Waals surface area contributed by atoms with Gasteiger partial charge in [0.2, 0.25) is 0 Å². The number of ether oxygens (including phenoxy) is 1. The molecule has 0 aliphatic carbocycles. The average Bonchev–Trinajstić information content (AvgIpc) is 3.34. The summed E-state index contributed by atoms with van der Waals surface area (Å²) in [4.78, 5) is 13.6. The second-order valence-electron chi connectivity index (χ2n) is 9.89. The van der Waals surface area contributed by atoms with Gasteiger partial charge in [-0.05, 0) is 42.7 Å². The molecule has 5 nitrogen and oxygen atoms in total. The second kappa shape index (κ2) is 10.1. The molecule has 0 bridgehead atoms. The molecule has 16 heteroatoms. The van der Waals surface area contributed by atoms with E-state index in [4.69, 9.17) is 4.74 Å². The first-order valence-electron chi connectivity index (χ1n) is 12.0. The number of hydrogen-bond acceptors (Lipinski definition) is 4. The van der Waals surface area contributed by atoms with Crippen molar-refractivity contribution in [1.82, 2.24) is 4.90 Å². The van der Waals surface area contributed by atoms with Crippen LogP contribution in [0.3, 0.4) is 0 Å². The number of halogens is 10. The van der Waals surface area contributed by atoms with Gasteiger partial charge in [-0.15, -0.1) is 0 Å². The number of benzene rings is 2. The highest BCUT2D eigenvalue weighted by molar-refractivity contribution is 7.92. The first-order valence-corrected chi connectivity index (χ1v) is 13.5. The third kappa shape index (κ3) is 5.28. The highest BCUT2D eigenvalue weighted by Gasteiger charge is 2.73. The number of nitrogens with zero attached hydrogens (tertiary/aromatic N) is 1. The van der Waals surface area contributed by atoms with Gasteiger partial charge in [0, 0.05) is 25.1 Å². The number of rotatable bonds is 5. The van der Waals surface area contributed by atoms with Crippen LogP contribution in [-0.2, 0) is 29.8 Å². The van der Waals surface area contributed by atoms with Crippen LogP contribution in [0.15, 0.2) is 53.4 Å². The molecule has 0 N–H and O–H groups in total. The fourth-order valence-corrected chi connectivity index (χ4v) is 7.11. The van der Waals surface area contributed by atoms with Crippen molar-refractivity contribution >= 4 is 15.7 Å². The normalized spacial score (nSPS) is 24.0. The third-order valence-electron chi connectivity index (χ3n) is 7.32. The van der Waals surface area contributed by atoms with E-state index in [1.165, 1.54) is 0 Å². The minimum absolute atomic E-state index is 0.162. The lowest BCUT2D eigenvalue weighted by molar-refractivity contribution is -0.348. The zero-order valence-corrected chi connectivity index (χ0v) is 21.5. The van der Waals surface area contributed by atoms with Gasteiger partial charge < -0.3 is 9.64 Å². The van der Waals surface area contributed by atoms with E-state index < -0.39 is 92.8 Å². The number of carbonyl (C=O) groups excluding carboxylic acids is 1. The lowest BCUT2D eigenvalue weighted by Crippen LogP contribution is -2.50. The van der Waals surface area contributed by atoms with Crippen molar-refractivity contribution < 1.29 is 61.9 Å². The Labute approximate surface area is 227 Å². The van der Waals surface area contributed by atoms with Gasteiger partial charge in [0.1, 0.15) is 23.3 Å². The number of carbonyl (C=O) groups is 1. The average molecular weight is 621 g/mol. The Hall–Kier alpha value is -2.88. The molecule has 0 aromatic heterocycles. The molecule has 2 aliphatic rings. The van der Waals surface area contributed by atoms with Crippen LogP contribution in [0.4, 0.5) is 43.9 Å². The summed E-state index contributed by atoms with van der Waals surface area (Å²) in [5.74, 6) is -4.82. The van der Waals surface area contributed by atoms with Crippen LogP contribution in [-0.4, -0.2) is 63.3 Å². The minimum Gasteiger partial charge on any atom is -0.362 e. The van der Waals surface area contributed by atoms with Crippen LogP contribution in [0.1, 0.15) is 30.4 Å². The van der Waals surface area contributed by atoms with E-state index in [0.717, 1.165) is 29.2 Å². The lowest BCUT2D eigenvalue weighted by atomic mass is 9.90. The van der Waals surface area contributed by atoms with Gasteiger partial charge in [0.15, 0.2) is 9.84 Å². The van der Waals surface area contributed by atoms with Crippen molar-refractivity contribution in [2.24, 2.45) is 0 Å². The lowest BCUT2D eigenvalue weighted by Gasteiger charge is -2.33. The number of likely N-dealkylation sites (tertiary alicyclic amines) is 1. The molecule has 2 saturated heterocycles. The van der Waals surface area contributed by atoms with E-state index >= 15 is 0 Å². The second-order valence-corrected chi connectivity index (χ2v) is 12.1. The highest BCUT2D eigenvalue weighted by atomic mass is 32.2. The summed E-state index contributed by atoms with van der Waals surface area (Å²) in [5, 5.41) is 0. The maximum atomic E-state index is 14.6. The van der Waals surface area contributed by atoms with Gasteiger partial charge in [-0.2, -0.15) is 26.3 Å². The van der Waals surface area contributed by atoms with Gasteiger partial charge in [0.25, 0.3) is 11.8 Å². The summed E-state index contributed by atoms with van der Waals surface area (Å²) in [6, 6.07) is 4.89. The first-order chi connectivity index (χ1) is 18.8. The zero-order chi connectivity index (χ0) is 30.6. The fourth-order valence-electron chi connectivity index (χ4n) is 5.03. The molecular formula is C25H21F10NO4S. The van der Waals surface area contributed by atoms with Crippen LogP contribution >= 0.6 is 0 Å². The van der Waals surface area contributed by atoms with Gasteiger partial charge >= 0.3 is 18.0 Å². The molecule has 2 aliphatic heterocycles. The summed E-state index contributed by atoms with van der Waals surface area (Å²) in [6.45, 7) is -2.06. The maximum absolute atomic E-state index is 14.6. The summed E-state index contributed by atoms with van der Waals surface area (Å²) in [6.07, 6.45) is -15.6. The van der Waals surface area contributed by atoms with E-state index in [1.54, 1.807) is 0 Å². The Kier molecular flexibility index (Phi) is 7.68. The van der Waals surface area contributed by atoms with Crippen molar-refractivity contribution in [3.63, 3.8) is 0 Å². The molecule has 1 amide bonds. The standard InChI is InChI=1S/C25H21F10NO4S/c26-17-5-7-18(8-6-17)41(38,39)21(11-12-36(13-21)20(37)19-9-10-22(27,28)14-40-19)15-1-3-16(4-2-15)23(29,24(30,31)32)25(33,34)35/h1-8,19H,9-14H2/t19?,21-/m0/s1. The Morgan fingerprint density at radius 2 is 1.44 bits per heavy atom. The van der Waals surface area contributed by atoms with Gasteiger partial charge in [-0.3, -0.25) is 4.79 Å². The number of alkyl halides is 9. The van der Waals surface area contributed by atoms with Crippen molar-refractivity contribution in [3.8, 4) is 0 Å². The molecule has 2 atom stereocenters. The molecule has 41 heavy (non-hydrogen) atoms. The monoisotopic (exact) mass is 621 g/mol. The third-order valence-corrected chi connectivity index (χ3v) is 9.81. The van der Waals surface area contributed by atoms with E-state index in [-0.39, 0.29) is 30.7 Å². The smallest absolute Gasteiger partial charge is 0.362 e. The van der Waals surface area contributed by atoms with Crippen molar-refractivity contribution in [3.05, 3.63) is 65.5 Å². The largest absolute Gasteiger partial charge is 0.435 e. The van der Waals surface area contributed by atoms with Crippen LogP contribution in [0.25, 0.3) is 0 Å². The Bertz CT molecular complexity index is 1370. The van der Waals surface area contributed by atoms with Gasteiger partial charge in [-0.25, -0.2) is 26.0 Å². The topological polar surface area (TPSA) is 63.7 Å².